The zero-order valence-corrected chi connectivity index (χ0v) is 29.3. The number of nitrogens with zero attached hydrogens (tertiary/aromatic N) is 2. The molecule has 1 aliphatic heterocycles. The monoisotopic (exact) mass is 654 g/mol. The molecule has 0 saturated carbocycles. The van der Waals surface area contributed by atoms with Gasteiger partial charge in [0.05, 0.1) is 24.3 Å². The van der Waals surface area contributed by atoms with Gasteiger partial charge in [0.15, 0.2) is 0 Å². The Labute approximate surface area is 285 Å². The number of aryl methyl sites for hydroxylation is 1. The summed E-state index contributed by atoms with van der Waals surface area (Å²) in [5.74, 6) is 1.35. The highest BCUT2D eigenvalue weighted by Crippen LogP contribution is 2.34. The number of allylic oxidation sites excluding steroid dienone is 1. The second kappa shape index (κ2) is 18.0. The molecule has 0 aliphatic carbocycles. The Morgan fingerprint density at radius 3 is 1.92 bits per heavy atom. The van der Waals surface area contributed by atoms with Crippen LogP contribution in [0.1, 0.15) is 82.9 Å². The fourth-order valence-corrected chi connectivity index (χ4v) is 5.34. The fraction of sp³-hybridized carbons (Fsp3) is 0.400. The predicted octanol–water partition coefficient (Wildman–Crippen LogP) is 8.44. The van der Waals surface area contributed by atoms with E-state index >= 15 is 0 Å². The highest BCUT2D eigenvalue weighted by molar-refractivity contribution is 5.92. The van der Waals surface area contributed by atoms with Gasteiger partial charge in [0.2, 0.25) is 0 Å². The summed E-state index contributed by atoms with van der Waals surface area (Å²) < 4.78 is 23.3. The zero-order valence-electron chi connectivity index (χ0n) is 29.3. The van der Waals surface area contributed by atoms with Crippen LogP contribution in [0.4, 0.5) is 0 Å². The molecular weight excluding hydrogens is 604 g/mol. The zero-order chi connectivity index (χ0) is 34.5. The smallest absolute Gasteiger partial charge is 0.343 e. The highest BCUT2D eigenvalue weighted by Gasteiger charge is 2.19. The topological polar surface area (TPSA) is 77.5 Å². The van der Waals surface area contributed by atoms with Crippen molar-refractivity contribution in [2.45, 2.75) is 66.2 Å². The van der Waals surface area contributed by atoms with Crippen LogP contribution in [0.3, 0.4) is 0 Å². The van der Waals surface area contributed by atoms with Gasteiger partial charge in [0, 0.05) is 32.5 Å². The summed E-state index contributed by atoms with van der Waals surface area (Å²) in [6, 6.07) is 15.7. The first-order chi connectivity index (χ1) is 23.2. The van der Waals surface area contributed by atoms with Crippen LogP contribution in [0.25, 0.3) is 0 Å². The molecule has 3 aromatic rings. The summed E-state index contributed by atoms with van der Waals surface area (Å²) in [6.45, 7) is 10.5. The van der Waals surface area contributed by atoms with Crippen LogP contribution in [0, 0.1) is 20.8 Å². The number of unbranched alkanes of at least 4 members (excludes halogenated alkanes) is 5. The summed E-state index contributed by atoms with van der Waals surface area (Å²) in [5.41, 5.74) is 4.16. The molecule has 0 spiro atoms. The van der Waals surface area contributed by atoms with E-state index in [1.807, 2.05) is 34.9 Å². The van der Waals surface area contributed by atoms with Crippen LogP contribution in [0.15, 0.2) is 78.6 Å². The van der Waals surface area contributed by atoms with Crippen LogP contribution in [0.2, 0.25) is 0 Å². The van der Waals surface area contributed by atoms with Crippen molar-refractivity contribution in [3.05, 3.63) is 106 Å². The minimum Gasteiger partial charge on any atom is -0.494 e. The Morgan fingerprint density at radius 2 is 1.33 bits per heavy atom. The first-order valence-corrected chi connectivity index (χ1v) is 17.0. The molecule has 48 heavy (non-hydrogen) atoms. The third kappa shape index (κ3) is 10.4. The molecule has 3 aromatic carbocycles. The molecule has 8 nitrogen and oxygen atoms in total. The minimum atomic E-state index is -0.478. The molecular formula is C40H50N2O6. The summed E-state index contributed by atoms with van der Waals surface area (Å²) in [4.78, 5) is 30.3. The number of carbonyl (C=O) groups excluding carboxylic acids is 2. The Kier molecular flexibility index (Phi) is 13.5. The number of rotatable bonds is 17. The van der Waals surface area contributed by atoms with Crippen molar-refractivity contribution in [2.75, 3.05) is 40.4 Å². The Hall–Kier alpha value is -4.72. The summed E-state index contributed by atoms with van der Waals surface area (Å²) in [7, 11) is 4.06. The Morgan fingerprint density at radius 1 is 0.750 bits per heavy atom. The SMILES string of the molecule is CCCCCCCCOc1ccc(C(=O)Oc2c(C)cc(OC(=O)c3ccc(OCCN4C=CC(N(C)C)=CC4)cc3)c(C)c2C)cc1. The number of esters is 2. The van der Waals surface area contributed by atoms with Gasteiger partial charge in [-0.15, -0.1) is 0 Å². The van der Waals surface area contributed by atoms with Crippen molar-refractivity contribution in [3.8, 4) is 23.0 Å². The molecule has 1 aliphatic rings. The van der Waals surface area contributed by atoms with Crippen molar-refractivity contribution in [2.24, 2.45) is 0 Å². The van der Waals surface area contributed by atoms with Crippen molar-refractivity contribution in [3.63, 3.8) is 0 Å². The van der Waals surface area contributed by atoms with Gasteiger partial charge in [0.25, 0.3) is 0 Å². The van der Waals surface area contributed by atoms with Crippen LogP contribution in [-0.4, -0.2) is 62.1 Å². The number of likely N-dealkylation sites (N-methyl/N-ethyl adjacent to an activating group) is 1. The van der Waals surface area contributed by atoms with Crippen LogP contribution in [0.5, 0.6) is 23.0 Å². The third-order valence-corrected chi connectivity index (χ3v) is 8.48. The molecule has 0 fully saturated rings. The second-order valence-corrected chi connectivity index (χ2v) is 12.4. The van der Waals surface area contributed by atoms with E-state index in [2.05, 4.69) is 35.1 Å². The van der Waals surface area contributed by atoms with E-state index in [0.717, 1.165) is 42.8 Å². The molecule has 0 N–H and O–H groups in total. The van der Waals surface area contributed by atoms with E-state index in [4.69, 9.17) is 18.9 Å². The van der Waals surface area contributed by atoms with Crippen molar-refractivity contribution < 1.29 is 28.5 Å². The van der Waals surface area contributed by atoms with E-state index in [1.165, 1.54) is 31.4 Å². The lowest BCUT2D eigenvalue weighted by Crippen LogP contribution is -2.27. The first kappa shape index (κ1) is 36.1. The standard InChI is InChI=1S/C40H50N2O6/c1-7-8-9-10-11-12-26-45-35-17-15-33(16-18-35)40(44)48-38-29(2)28-37(30(3)31(38)4)47-39(43)32-13-19-36(20-14-32)46-27-25-42-23-21-34(22-24-42)41(5)6/h13-23,28H,7-12,24-27H2,1-6H3. The molecule has 0 amide bonds. The molecule has 0 bridgehead atoms. The molecule has 0 saturated heterocycles. The lowest BCUT2D eigenvalue weighted by Gasteiger charge is -2.25. The highest BCUT2D eigenvalue weighted by atomic mass is 16.5. The van der Waals surface area contributed by atoms with Gasteiger partial charge in [-0.3, -0.25) is 0 Å². The van der Waals surface area contributed by atoms with Gasteiger partial charge in [-0.25, -0.2) is 9.59 Å². The first-order valence-electron chi connectivity index (χ1n) is 17.0. The molecule has 8 heteroatoms. The maximum atomic E-state index is 13.0. The molecule has 4 rings (SSSR count). The van der Waals surface area contributed by atoms with E-state index < -0.39 is 11.9 Å². The summed E-state index contributed by atoms with van der Waals surface area (Å²) >= 11 is 0. The molecule has 1 heterocycles. The van der Waals surface area contributed by atoms with Crippen molar-refractivity contribution in [1.82, 2.24) is 9.80 Å². The molecule has 0 radical (unpaired) electrons. The molecule has 0 aromatic heterocycles. The maximum absolute atomic E-state index is 13.0. The number of ether oxygens (including phenoxy) is 4. The van der Waals surface area contributed by atoms with Gasteiger partial charge in [-0.05, 0) is 111 Å². The van der Waals surface area contributed by atoms with Crippen LogP contribution in [-0.2, 0) is 0 Å². The van der Waals surface area contributed by atoms with E-state index in [0.29, 0.717) is 47.2 Å². The lowest BCUT2D eigenvalue weighted by molar-refractivity contribution is 0.0716. The fourth-order valence-electron chi connectivity index (χ4n) is 5.34. The van der Waals surface area contributed by atoms with Gasteiger partial charge in [0.1, 0.15) is 29.6 Å². The van der Waals surface area contributed by atoms with E-state index in [1.54, 1.807) is 54.6 Å². The average Bonchev–Trinajstić information content (AvgIpc) is 3.09. The number of hydrogen-bond acceptors (Lipinski definition) is 8. The Balaban J connectivity index is 1.26. The van der Waals surface area contributed by atoms with Gasteiger partial charge < -0.3 is 28.7 Å². The van der Waals surface area contributed by atoms with Gasteiger partial charge in [-0.1, -0.05) is 39.0 Å². The summed E-state index contributed by atoms with van der Waals surface area (Å²) in [5, 5.41) is 0. The van der Waals surface area contributed by atoms with Crippen molar-refractivity contribution >= 4 is 11.9 Å². The third-order valence-electron chi connectivity index (χ3n) is 8.48. The molecule has 0 unspecified atom stereocenters. The second-order valence-electron chi connectivity index (χ2n) is 12.4. The Bertz CT molecular complexity index is 1570. The normalized spacial score (nSPS) is 12.4. The molecule has 0 atom stereocenters. The van der Waals surface area contributed by atoms with E-state index in [9.17, 15) is 9.59 Å². The quantitative estimate of drug-likeness (QED) is 0.0816. The average molecular weight is 655 g/mol. The maximum Gasteiger partial charge on any atom is 0.343 e. The van der Waals surface area contributed by atoms with Crippen molar-refractivity contribution in [1.29, 1.82) is 0 Å². The number of benzene rings is 3. The number of carbonyl (C=O) groups is 2. The van der Waals surface area contributed by atoms with Gasteiger partial charge >= 0.3 is 11.9 Å². The number of hydrogen-bond donors (Lipinski definition) is 0. The predicted molar refractivity (Wildman–Crippen MR) is 190 cm³/mol. The van der Waals surface area contributed by atoms with Crippen LogP contribution >= 0.6 is 0 Å². The van der Waals surface area contributed by atoms with Gasteiger partial charge in [-0.2, -0.15) is 0 Å². The summed E-state index contributed by atoms with van der Waals surface area (Å²) in [6.07, 6.45) is 13.6. The lowest BCUT2D eigenvalue weighted by atomic mass is 10.0. The van der Waals surface area contributed by atoms with Crippen LogP contribution < -0.4 is 18.9 Å². The molecule has 256 valence electrons. The van der Waals surface area contributed by atoms with E-state index in [-0.39, 0.29) is 0 Å². The minimum absolute atomic E-state index is 0.410. The largest absolute Gasteiger partial charge is 0.494 e.